The monoisotopic (exact) mass is 348 g/mol. The summed E-state index contributed by atoms with van der Waals surface area (Å²) in [6.07, 6.45) is 6.06. The highest BCUT2D eigenvalue weighted by Crippen LogP contribution is 2.51. The van der Waals surface area contributed by atoms with E-state index in [1.165, 1.54) is 29.2 Å². The molecule has 1 atom stereocenters. The molecule has 2 aromatic rings. The first-order valence-electron chi connectivity index (χ1n) is 9.96. The lowest BCUT2D eigenvalue weighted by atomic mass is 9.70. The first-order valence-corrected chi connectivity index (χ1v) is 9.96. The summed E-state index contributed by atoms with van der Waals surface area (Å²) in [5, 5.41) is 2.46. The Morgan fingerprint density at radius 2 is 1.88 bits per heavy atom. The minimum Gasteiger partial charge on any atom is -0.461 e. The molecule has 0 bridgehead atoms. The molecule has 136 valence electrons. The molecule has 2 aliphatic rings. The van der Waals surface area contributed by atoms with Crippen LogP contribution >= 0.6 is 0 Å². The number of fused-ring (bicyclic) bond motifs is 3. The predicted molar refractivity (Wildman–Crippen MR) is 107 cm³/mol. The van der Waals surface area contributed by atoms with E-state index in [0.717, 1.165) is 36.3 Å². The van der Waals surface area contributed by atoms with Gasteiger partial charge < -0.3 is 4.74 Å². The van der Waals surface area contributed by atoms with E-state index in [4.69, 9.17) is 4.74 Å². The molecule has 26 heavy (non-hydrogen) atoms. The van der Waals surface area contributed by atoms with Crippen LogP contribution in [0.5, 0.6) is 5.75 Å². The summed E-state index contributed by atoms with van der Waals surface area (Å²) in [5.41, 5.74) is 2.17. The first kappa shape index (κ1) is 17.3. The van der Waals surface area contributed by atoms with Gasteiger partial charge in [0.2, 0.25) is 0 Å². The maximum atomic E-state index is 13.1. The number of Topliss-reactive ketones (excluding diaryl/α,β-unsaturated/α-hetero) is 1. The van der Waals surface area contributed by atoms with Crippen molar-refractivity contribution in [1.29, 1.82) is 0 Å². The van der Waals surface area contributed by atoms with Crippen molar-refractivity contribution in [1.82, 2.24) is 0 Å². The summed E-state index contributed by atoms with van der Waals surface area (Å²) >= 11 is 0. The molecular weight excluding hydrogens is 320 g/mol. The highest BCUT2D eigenvalue weighted by molar-refractivity contribution is 6.01. The van der Waals surface area contributed by atoms with Gasteiger partial charge in [0, 0.05) is 29.9 Å². The van der Waals surface area contributed by atoms with Gasteiger partial charge in [-0.2, -0.15) is 0 Å². The first-order chi connectivity index (χ1) is 12.5. The third-order valence-electron chi connectivity index (χ3n) is 5.84. The maximum absolute atomic E-state index is 13.1. The van der Waals surface area contributed by atoms with Crippen LogP contribution in [-0.4, -0.2) is 5.78 Å². The lowest BCUT2D eigenvalue weighted by molar-refractivity contribution is -0.118. The van der Waals surface area contributed by atoms with Gasteiger partial charge in [0.15, 0.2) is 5.78 Å². The summed E-state index contributed by atoms with van der Waals surface area (Å²) in [5.74, 6) is 2.34. The average Bonchev–Trinajstić information content (AvgIpc) is 2.59. The predicted octanol–water partition coefficient (Wildman–Crippen LogP) is 6.54. The third kappa shape index (κ3) is 2.96. The molecule has 0 aromatic heterocycles. The number of benzene rings is 2. The largest absolute Gasteiger partial charge is 0.461 e. The fraction of sp³-hybridized carbons (Fsp3) is 0.458. The molecule has 2 aromatic carbocycles. The summed E-state index contributed by atoms with van der Waals surface area (Å²) in [7, 11) is 0. The zero-order valence-corrected chi connectivity index (χ0v) is 16.1. The van der Waals surface area contributed by atoms with Crippen LogP contribution in [-0.2, 0) is 4.79 Å². The van der Waals surface area contributed by atoms with Crippen LogP contribution in [0.2, 0.25) is 0 Å². The van der Waals surface area contributed by atoms with Crippen molar-refractivity contribution >= 4 is 16.6 Å². The van der Waals surface area contributed by atoms with E-state index in [0.29, 0.717) is 6.42 Å². The highest BCUT2D eigenvalue weighted by Gasteiger charge is 2.41. The molecule has 0 saturated carbocycles. The molecule has 0 amide bonds. The summed E-state index contributed by atoms with van der Waals surface area (Å²) in [6.45, 7) is 6.56. The van der Waals surface area contributed by atoms with E-state index in [1.807, 2.05) is 0 Å². The molecule has 0 radical (unpaired) electrons. The Balaban J connectivity index is 1.86. The standard InChI is InChI=1S/C24H28O2/c1-4-5-6-11-18-22-17-10-8-7-9-16(17)12-13-20(22)26-21-15-24(2,3)14-19(25)23(18)21/h7-10,12-13,18H,4-6,11,14-15H2,1-3H3. The van der Waals surface area contributed by atoms with Crippen LogP contribution in [0.1, 0.15) is 70.8 Å². The fourth-order valence-corrected chi connectivity index (χ4v) is 4.65. The summed E-state index contributed by atoms with van der Waals surface area (Å²) in [4.78, 5) is 13.1. The lowest BCUT2D eigenvalue weighted by Gasteiger charge is -2.38. The van der Waals surface area contributed by atoms with Gasteiger partial charge in [0.25, 0.3) is 0 Å². The number of ketones is 1. The van der Waals surface area contributed by atoms with Gasteiger partial charge in [-0.25, -0.2) is 0 Å². The van der Waals surface area contributed by atoms with Crippen LogP contribution in [0.4, 0.5) is 0 Å². The zero-order valence-electron chi connectivity index (χ0n) is 16.1. The molecule has 4 rings (SSSR count). The quantitative estimate of drug-likeness (QED) is 0.586. The normalized spacial score (nSPS) is 21.3. The summed E-state index contributed by atoms with van der Waals surface area (Å²) in [6, 6.07) is 12.7. The minimum absolute atomic E-state index is 0.0156. The average molecular weight is 348 g/mol. The Bertz CT molecular complexity index is 888. The second-order valence-corrected chi connectivity index (χ2v) is 8.63. The van der Waals surface area contributed by atoms with Crippen molar-refractivity contribution in [2.45, 2.75) is 65.2 Å². The molecule has 0 spiro atoms. The smallest absolute Gasteiger partial charge is 0.163 e. The molecule has 1 aliphatic heterocycles. The van der Waals surface area contributed by atoms with Gasteiger partial charge in [-0.05, 0) is 28.7 Å². The van der Waals surface area contributed by atoms with E-state index in [-0.39, 0.29) is 17.1 Å². The minimum atomic E-state index is -0.0156. The molecule has 2 heteroatoms. The SMILES string of the molecule is CCCCCC1C2=C(CC(C)(C)CC2=O)Oc2ccc3ccccc3c21. The third-order valence-corrected chi connectivity index (χ3v) is 5.84. The Morgan fingerprint density at radius 3 is 2.69 bits per heavy atom. The van der Waals surface area contributed by atoms with Gasteiger partial charge in [-0.3, -0.25) is 4.79 Å². The van der Waals surface area contributed by atoms with Crippen molar-refractivity contribution in [2.24, 2.45) is 5.41 Å². The van der Waals surface area contributed by atoms with Gasteiger partial charge in [0.1, 0.15) is 11.5 Å². The van der Waals surface area contributed by atoms with E-state index in [9.17, 15) is 4.79 Å². The highest BCUT2D eigenvalue weighted by atomic mass is 16.5. The number of allylic oxidation sites excluding steroid dienone is 2. The topological polar surface area (TPSA) is 26.3 Å². The van der Waals surface area contributed by atoms with E-state index in [2.05, 4.69) is 57.2 Å². The number of hydrogen-bond donors (Lipinski definition) is 0. The Morgan fingerprint density at radius 1 is 1.08 bits per heavy atom. The molecule has 2 nitrogen and oxygen atoms in total. The van der Waals surface area contributed by atoms with E-state index in [1.54, 1.807) is 0 Å². The Hall–Kier alpha value is -2.09. The van der Waals surface area contributed by atoms with Crippen molar-refractivity contribution in [3.63, 3.8) is 0 Å². The van der Waals surface area contributed by atoms with Crippen LogP contribution in [0.15, 0.2) is 47.7 Å². The zero-order chi connectivity index (χ0) is 18.3. The molecule has 1 heterocycles. The van der Waals surface area contributed by atoms with E-state index < -0.39 is 0 Å². The van der Waals surface area contributed by atoms with Crippen molar-refractivity contribution in [2.75, 3.05) is 0 Å². The fourth-order valence-electron chi connectivity index (χ4n) is 4.65. The second kappa shape index (κ2) is 6.57. The number of carbonyl (C=O) groups excluding carboxylic acids is 1. The number of rotatable bonds is 4. The summed E-state index contributed by atoms with van der Waals surface area (Å²) < 4.78 is 6.35. The number of carbonyl (C=O) groups is 1. The maximum Gasteiger partial charge on any atom is 0.163 e. The van der Waals surface area contributed by atoms with Gasteiger partial charge in [-0.1, -0.05) is 70.4 Å². The van der Waals surface area contributed by atoms with Gasteiger partial charge in [0.05, 0.1) is 0 Å². The molecular formula is C24H28O2. The van der Waals surface area contributed by atoms with Crippen LogP contribution < -0.4 is 4.74 Å². The second-order valence-electron chi connectivity index (χ2n) is 8.63. The molecule has 0 N–H and O–H groups in total. The van der Waals surface area contributed by atoms with Crippen molar-refractivity contribution < 1.29 is 9.53 Å². The molecule has 0 saturated heterocycles. The Kier molecular flexibility index (Phi) is 4.38. The van der Waals surface area contributed by atoms with Crippen molar-refractivity contribution in [3.8, 4) is 5.75 Å². The van der Waals surface area contributed by atoms with Crippen LogP contribution in [0.25, 0.3) is 10.8 Å². The molecule has 0 fully saturated rings. The van der Waals surface area contributed by atoms with E-state index >= 15 is 0 Å². The lowest BCUT2D eigenvalue weighted by Crippen LogP contribution is -2.32. The number of hydrogen-bond acceptors (Lipinski definition) is 2. The molecule has 1 aliphatic carbocycles. The van der Waals surface area contributed by atoms with Gasteiger partial charge >= 0.3 is 0 Å². The molecule has 1 unspecified atom stereocenters. The van der Waals surface area contributed by atoms with Gasteiger partial charge in [-0.15, -0.1) is 0 Å². The number of unbranched alkanes of at least 4 members (excludes halogenated alkanes) is 2. The Labute approximate surface area is 156 Å². The van der Waals surface area contributed by atoms with Crippen LogP contribution in [0.3, 0.4) is 0 Å². The van der Waals surface area contributed by atoms with Crippen molar-refractivity contribution in [3.05, 3.63) is 53.3 Å². The van der Waals surface area contributed by atoms with Crippen LogP contribution in [0, 0.1) is 5.41 Å². The number of ether oxygens (including phenoxy) is 1.